The molecule has 0 fully saturated rings. The van der Waals surface area contributed by atoms with Crippen LogP contribution in [-0.4, -0.2) is 40.7 Å². The number of pyridine rings is 1. The van der Waals surface area contributed by atoms with Crippen molar-refractivity contribution >= 4 is 44.8 Å². The largest absolute Gasteiger partial charge is 0.417 e. The Kier molecular flexibility index (Phi) is 7.05. The molecule has 0 radical (unpaired) electrons. The van der Waals surface area contributed by atoms with E-state index in [2.05, 4.69) is 26.2 Å². The number of amides is 2. The Balaban J connectivity index is 1.68. The van der Waals surface area contributed by atoms with Gasteiger partial charge in [0.25, 0.3) is 0 Å². The van der Waals surface area contributed by atoms with Crippen LogP contribution in [0.5, 0.6) is 0 Å². The highest BCUT2D eigenvalue weighted by Gasteiger charge is 2.33. The lowest BCUT2D eigenvalue weighted by Crippen LogP contribution is -2.38. The quantitative estimate of drug-likeness (QED) is 0.588. The molecule has 30 heavy (non-hydrogen) atoms. The molecule has 0 unspecified atom stereocenters. The van der Waals surface area contributed by atoms with Gasteiger partial charge in [-0.05, 0) is 48.2 Å². The number of rotatable bonds is 4. The fourth-order valence-corrected chi connectivity index (χ4v) is 3.85. The summed E-state index contributed by atoms with van der Waals surface area (Å²) < 4.78 is 39.0. The molecule has 0 atom stereocenters. The van der Waals surface area contributed by atoms with E-state index >= 15 is 0 Å². The Morgan fingerprint density at radius 1 is 1.33 bits per heavy atom. The van der Waals surface area contributed by atoms with Crippen molar-refractivity contribution in [3.05, 3.63) is 62.9 Å². The normalized spacial score (nSPS) is 14.5. The van der Waals surface area contributed by atoms with Gasteiger partial charge in [0, 0.05) is 36.1 Å². The van der Waals surface area contributed by atoms with Gasteiger partial charge in [0.05, 0.1) is 16.3 Å². The van der Waals surface area contributed by atoms with E-state index in [1.807, 2.05) is 6.08 Å². The maximum absolute atomic E-state index is 13.0. The topological polar surface area (TPSA) is 65.5 Å². The van der Waals surface area contributed by atoms with E-state index in [0.29, 0.717) is 30.1 Å². The second-order valence-electron chi connectivity index (χ2n) is 6.70. The van der Waals surface area contributed by atoms with Gasteiger partial charge < -0.3 is 15.3 Å². The molecule has 2 heterocycles. The number of aromatic nitrogens is 1. The number of urea groups is 1. The number of hydrogen-bond acceptors (Lipinski definition) is 3. The molecule has 2 aromatic rings. The second-order valence-corrected chi connectivity index (χ2v) is 7.96. The van der Waals surface area contributed by atoms with Crippen LogP contribution in [0, 0.1) is 0 Å². The van der Waals surface area contributed by atoms with E-state index < -0.39 is 17.8 Å². The molecule has 2 N–H and O–H groups in total. The molecule has 1 aromatic carbocycles. The minimum absolute atomic E-state index is 0.00690. The molecule has 5 nitrogen and oxygen atoms in total. The third-order valence-corrected chi connectivity index (χ3v) is 5.60. The molecule has 0 saturated heterocycles. The maximum atomic E-state index is 13.0. The van der Waals surface area contributed by atoms with Crippen molar-refractivity contribution in [3.63, 3.8) is 0 Å². The maximum Gasteiger partial charge on any atom is 0.417 e. The van der Waals surface area contributed by atoms with Crippen LogP contribution < -0.4 is 5.32 Å². The predicted octanol–water partition coefficient (Wildman–Crippen LogP) is 5.37. The van der Waals surface area contributed by atoms with E-state index in [0.717, 1.165) is 17.2 Å². The molecule has 1 aromatic heterocycles. The molecular weight excluding hydrogens is 487 g/mol. The number of anilines is 1. The average Bonchev–Trinajstić information content (AvgIpc) is 2.69. The zero-order chi connectivity index (χ0) is 21.9. The lowest BCUT2D eigenvalue weighted by molar-refractivity contribution is -0.138. The van der Waals surface area contributed by atoms with Crippen LogP contribution in [-0.2, 0) is 12.6 Å². The summed E-state index contributed by atoms with van der Waals surface area (Å²) in [6, 6.07) is 4.82. The summed E-state index contributed by atoms with van der Waals surface area (Å²) in [4.78, 5) is 18.3. The number of alkyl halides is 3. The first-order chi connectivity index (χ1) is 14.2. The highest BCUT2D eigenvalue weighted by Crippen LogP contribution is 2.36. The van der Waals surface area contributed by atoms with E-state index in [4.69, 9.17) is 16.7 Å². The van der Waals surface area contributed by atoms with E-state index in [9.17, 15) is 18.0 Å². The first-order valence-electron chi connectivity index (χ1n) is 9.06. The van der Waals surface area contributed by atoms with Gasteiger partial charge >= 0.3 is 12.2 Å². The summed E-state index contributed by atoms with van der Waals surface area (Å²) >= 11 is 9.17. The first-order valence-corrected chi connectivity index (χ1v) is 10.2. The van der Waals surface area contributed by atoms with Gasteiger partial charge in [0.1, 0.15) is 0 Å². The first kappa shape index (κ1) is 22.6. The van der Waals surface area contributed by atoms with Gasteiger partial charge in [0.15, 0.2) is 0 Å². The lowest BCUT2D eigenvalue weighted by Gasteiger charge is -2.27. The number of carbonyl (C=O) groups is 1. The van der Waals surface area contributed by atoms with Crippen LogP contribution in [0.3, 0.4) is 0 Å². The van der Waals surface area contributed by atoms with Gasteiger partial charge in [-0.15, -0.1) is 0 Å². The Labute approximate surface area is 184 Å². The van der Waals surface area contributed by atoms with Crippen molar-refractivity contribution < 1.29 is 23.1 Å². The van der Waals surface area contributed by atoms with Crippen molar-refractivity contribution in [1.29, 1.82) is 0 Å². The van der Waals surface area contributed by atoms with Crippen LogP contribution in [0.1, 0.15) is 23.2 Å². The zero-order valence-electron chi connectivity index (χ0n) is 15.6. The molecule has 2 amide bonds. The van der Waals surface area contributed by atoms with Crippen LogP contribution in [0.4, 0.5) is 23.7 Å². The molecular formula is C20H18BrClF3N3O2. The lowest BCUT2D eigenvalue weighted by atomic mass is 10.0. The highest BCUT2D eigenvalue weighted by molar-refractivity contribution is 9.10. The Hall–Kier alpha value is -2.10. The number of halogens is 5. The molecule has 1 aliphatic heterocycles. The van der Waals surface area contributed by atoms with Crippen molar-refractivity contribution in [1.82, 2.24) is 9.88 Å². The number of nitrogens with zero attached hydrogens (tertiary/aromatic N) is 2. The Bertz CT molecular complexity index is 982. The minimum atomic E-state index is -4.53. The third-order valence-electron chi connectivity index (χ3n) is 4.62. The monoisotopic (exact) mass is 503 g/mol. The number of hydrogen-bond donors (Lipinski definition) is 2. The standard InChI is InChI=1S/C20H18BrClF3N3O2/c21-16-2-1-14(10-15(16)20(23,24)25)27-19(30)28-6-3-13(4-7-28)18-17(22)9-12(5-8-29)11-26-18/h1-3,9-11,29H,4-8H2,(H,27,30). The zero-order valence-corrected chi connectivity index (χ0v) is 18.0. The predicted molar refractivity (Wildman–Crippen MR) is 112 cm³/mol. The van der Waals surface area contributed by atoms with Crippen molar-refractivity contribution in [2.75, 3.05) is 25.0 Å². The van der Waals surface area contributed by atoms with Crippen LogP contribution in [0.25, 0.3) is 5.57 Å². The third kappa shape index (κ3) is 5.33. The van der Waals surface area contributed by atoms with E-state index in [1.165, 1.54) is 17.0 Å². The van der Waals surface area contributed by atoms with Gasteiger partial charge in [0.2, 0.25) is 0 Å². The summed E-state index contributed by atoms with van der Waals surface area (Å²) in [5.41, 5.74) is 1.56. The number of aliphatic hydroxyl groups excluding tert-OH is 1. The number of benzene rings is 1. The fraction of sp³-hybridized carbons (Fsp3) is 0.300. The SMILES string of the molecule is O=C(Nc1ccc(Br)c(C(F)(F)F)c1)N1CC=C(c2ncc(CCO)cc2Cl)CC1. The summed E-state index contributed by atoms with van der Waals surface area (Å²) in [6.07, 6.45) is -0.0735. The summed E-state index contributed by atoms with van der Waals surface area (Å²) in [5, 5.41) is 12.0. The fourth-order valence-electron chi connectivity index (χ4n) is 3.07. The van der Waals surface area contributed by atoms with E-state index in [-0.39, 0.29) is 23.3 Å². The van der Waals surface area contributed by atoms with Gasteiger partial charge in [-0.1, -0.05) is 33.6 Å². The van der Waals surface area contributed by atoms with Crippen LogP contribution in [0.15, 0.2) is 41.0 Å². The van der Waals surface area contributed by atoms with E-state index in [1.54, 1.807) is 12.3 Å². The Morgan fingerprint density at radius 3 is 2.70 bits per heavy atom. The Morgan fingerprint density at radius 2 is 2.10 bits per heavy atom. The number of carbonyl (C=O) groups excluding carboxylic acids is 1. The average molecular weight is 505 g/mol. The second kappa shape index (κ2) is 9.36. The van der Waals surface area contributed by atoms with Crippen LogP contribution in [0.2, 0.25) is 5.02 Å². The molecule has 0 aliphatic carbocycles. The number of nitrogens with one attached hydrogen (secondary N) is 1. The minimum Gasteiger partial charge on any atom is -0.396 e. The molecule has 0 saturated carbocycles. The van der Waals surface area contributed by atoms with Gasteiger partial charge in [-0.3, -0.25) is 4.98 Å². The molecule has 160 valence electrons. The smallest absolute Gasteiger partial charge is 0.396 e. The van der Waals surface area contributed by atoms with Gasteiger partial charge in [-0.25, -0.2) is 4.79 Å². The van der Waals surface area contributed by atoms with Crippen molar-refractivity contribution in [2.24, 2.45) is 0 Å². The summed E-state index contributed by atoms with van der Waals surface area (Å²) in [7, 11) is 0. The van der Waals surface area contributed by atoms with Crippen molar-refractivity contribution in [2.45, 2.75) is 19.0 Å². The number of aliphatic hydroxyl groups is 1. The molecule has 3 rings (SSSR count). The molecule has 1 aliphatic rings. The summed E-state index contributed by atoms with van der Waals surface area (Å²) in [5.74, 6) is 0. The molecule has 0 bridgehead atoms. The van der Waals surface area contributed by atoms with Crippen molar-refractivity contribution in [3.8, 4) is 0 Å². The van der Waals surface area contributed by atoms with Gasteiger partial charge in [-0.2, -0.15) is 13.2 Å². The highest BCUT2D eigenvalue weighted by atomic mass is 79.9. The molecule has 0 spiro atoms. The summed E-state index contributed by atoms with van der Waals surface area (Å²) in [6.45, 7) is 0.657. The van der Waals surface area contributed by atoms with Crippen LogP contribution >= 0.6 is 27.5 Å². The molecule has 10 heteroatoms.